The first kappa shape index (κ1) is 13.4. The second-order valence-electron chi connectivity index (χ2n) is 5.76. The second kappa shape index (κ2) is 6.21. The fourth-order valence-electron chi connectivity index (χ4n) is 3.35. The van der Waals surface area contributed by atoms with Gasteiger partial charge in [-0.25, -0.2) is 0 Å². The van der Waals surface area contributed by atoms with Crippen molar-refractivity contribution in [2.45, 2.75) is 63.8 Å². The Hall–Kier alpha value is -1.06. The van der Waals surface area contributed by atoms with Crippen LogP contribution >= 0.6 is 0 Å². The average molecular weight is 253 g/mol. The molecule has 0 radical (unpaired) electrons. The van der Waals surface area contributed by atoms with Crippen LogP contribution in [0, 0.1) is 11.8 Å². The van der Waals surface area contributed by atoms with E-state index < -0.39 is 5.97 Å². The van der Waals surface area contributed by atoms with Crippen molar-refractivity contribution in [2.24, 2.45) is 11.8 Å². The monoisotopic (exact) mass is 253 g/mol. The number of carboxylic acid groups (broad SMARTS) is 1. The fraction of sp³-hybridized carbons (Fsp3) is 0.857. The fourth-order valence-corrected chi connectivity index (χ4v) is 3.35. The van der Waals surface area contributed by atoms with Gasteiger partial charge >= 0.3 is 5.97 Å². The van der Waals surface area contributed by atoms with Crippen LogP contribution in [0.15, 0.2) is 0 Å². The van der Waals surface area contributed by atoms with Gasteiger partial charge in [-0.2, -0.15) is 0 Å². The molecule has 2 atom stereocenters. The van der Waals surface area contributed by atoms with Gasteiger partial charge in [0.25, 0.3) is 0 Å². The molecule has 2 aliphatic rings. The van der Waals surface area contributed by atoms with Gasteiger partial charge in [-0.1, -0.05) is 25.7 Å². The lowest BCUT2D eigenvalue weighted by Crippen LogP contribution is -2.40. The number of carbonyl (C=O) groups excluding carboxylic acids is 1. The highest BCUT2D eigenvalue weighted by atomic mass is 16.4. The summed E-state index contributed by atoms with van der Waals surface area (Å²) >= 11 is 0. The zero-order valence-corrected chi connectivity index (χ0v) is 10.9. The van der Waals surface area contributed by atoms with Gasteiger partial charge in [0.15, 0.2) is 0 Å². The lowest BCUT2D eigenvalue weighted by molar-refractivity contribution is -0.142. The molecule has 0 aromatic heterocycles. The first-order valence-electron chi connectivity index (χ1n) is 7.19. The van der Waals surface area contributed by atoms with Gasteiger partial charge in [0.05, 0.1) is 5.92 Å². The highest BCUT2D eigenvalue weighted by molar-refractivity contribution is 5.78. The molecule has 1 amide bonds. The van der Waals surface area contributed by atoms with Crippen molar-refractivity contribution in [3.63, 3.8) is 0 Å². The Morgan fingerprint density at radius 1 is 1.00 bits per heavy atom. The SMILES string of the molecule is O=C(CC1CCCCC1)NC1CCCC1C(=O)O. The van der Waals surface area contributed by atoms with Crippen LogP contribution < -0.4 is 5.32 Å². The van der Waals surface area contributed by atoms with E-state index in [1.165, 1.54) is 19.3 Å². The Morgan fingerprint density at radius 2 is 1.72 bits per heavy atom. The number of hydrogen-bond donors (Lipinski definition) is 2. The summed E-state index contributed by atoms with van der Waals surface area (Å²) in [6, 6.07) is -0.140. The van der Waals surface area contributed by atoms with Crippen LogP contribution in [0.2, 0.25) is 0 Å². The van der Waals surface area contributed by atoms with Crippen LogP contribution in [0.5, 0.6) is 0 Å². The lowest BCUT2D eigenvalue weighted by Gasteiger charge is -2.23. The van der Waals surface area contributed by atoms with Crippen LogP contribution in [-0.4, -0.2) is 23.0 Å². The Morgan fingerprint density at radius 3 is 2.39 bits per heavy atom. The van der Waals surface area contributed by atoms with Crippen molar-refractivity contribution >= 4 is 11.9 Å². The number of carbonyl (C=O) groups is 2. The summed E-state index contributed by atoms with van der Waals surface area (Å²) in [5.41, 5.74) is 0. The number of carboxylic acids is 1. The maximum Gasteiger partial charge on any atom is 0.308 e. The first-order chi connectivity index (χ1) is 8.66. The van der Waals surface area contributed by atoms with Crippen molar-refractivity contribution in [3.05, 3.63) is 0 Å². The Balaban J connectivity index is 1.77. The number of hydrogen-bond acceptors (Lipinski definition) is 2. The van der Waals surface area contributed by atoms with Crippen LogP contribution in [0.1, 0.15) is 57.8 Å². The standard InChI is InChI=1S/C14H23NO3/c16-13(9-10-5-2-1-3-6-10)15-12-8-4-7-11(12)14(17)18/h10-12H,1-9H2,(H,15,16)(H,17,18). The molecule has 0 heterocycles. The van der Waals surface area contributed by atoms with Gasteiger partial charge in [-0.15, -0.1) is 0 Å². The molecule has 102 valence electrons. The van der Waals surface area contributed by atoms with Gasteiger partial charge in [0.2, 0.25) is 5.91 Å². The molecule has 2 unspecified atom stereocenters. The summed E-state index contributed by atoms with van der Waals surface area (Å²) in [5.74, 6) is -0.570. The Labute approximate surface area is 108 Å². The number of aliphatic carboxylic acids is 1. The molecule has 0 spiro atoms. The van der Waals surface area contributed by atoms with E-state index in [1.54, 1.807) is 0 Å². The summed E-state index contributed by atoms with van der Waals surface area (Å²) in [6.07, 6.45) is 9.08. The summed E-state index contributed by atoms with van der Waals surface area (Å²) in [7, 11) is 0. The molecule has 18 heavy (non-hydrogen) atoms. The van der Waals surface area contributed by atoms with Crippen molar-refractivity contribution in [2.75, 3.05) is 0 Å². The zero-order valence-electron chi connectivity index (χ0n) is 10.9. The third-order valence-corrected chi connectivity index (χ3v) is 4.38. The summed E-state index contributed by atoms with van der Waals surface area (Å²) in [4.78, 5) is 23.0. The first-order valence-corrected chi connectivity index (χ1v) is 7.19. The minimum absolute atomic E-state index is 0.0556. The molecule has 2 rings (SSSR count). The largest absolute Gasteiger partial charge is 0.481 e. The highest BCUT2D eigenvalue weighted by Crippen LogP contribution is 2.28. The zero-order chi connectivity index (χ0) is 13.0. The molecule has 2 aliphatic carbocycles. The molecule has 0 aliphatic heterocycles. The number of amides is 1. The van der Waals surface area contributed by atoms with Gasteiger partial charge in [0, 0.05) is 12.5 Å². The van der Waals surface area contributed by atoms with E-state index in [9.17, 15) is 9.59 Å². The van der Waals surface area contributed by atoms with Gasteiger partial charge in [0.1, 0.15) is 0 Å². The smallest absolute Gasteiger partial charge is 0.308 e. The van der Waals surface area contributed by atoms with Crippen molar-refractivity contribution in [3.8, 4) is 0 Å². The minimum atomic E-state index is -0.768. The Bertz CT molecular complexity index is 310. The molecule has 4 heteroatoms. The highest BCUT2D eigenvalue weighted by Gasteiger charge is 2.34. The second-order valence-corrected chi connectivity index (χ2v) is 5.76. The Kier molecular flexibility index (Phi) is 4.61. The van der Waals surface area contributed by atoms with Crippen molar-refractivity contribution < 1.29 is 14.7 Å². The van der Waals surface area contributed by atoms with E-state index in [1.807, 2.05) is 0 Å². The van der Waals surface area contributed by atoms with E-state index >= 15 is 0 Å². The van der Waals surface area contributed by atoms with E-state index in [0.717, 1.165) is 25.7 Å². The molecule has 2 fully saturated rings. The number of rotatable bonds is 4. The van der Waals surface area contributed by atoms with Crippen LogP contribution in [0.3, 0.4) is 0 Å². The van der Waals surface area contributed by atoms with E-state index in [0.29, 0.717) is 18.8 Å². The van der Waals surface area contributed by atoms with E-state index in [2.05, 4.69) is 5.32 Å². The molecule has 0 bridgehead atoms. The molecular formula is C14H23NO3. The average Bonchev–Trinajstić information content (AvgIpc) is 2.78. The van der Waals surface area contributed by atoms with Crippen molar-refractivity contribution in [1.82, 2.24) is 5.32 Å². The van der Waals surface area contributed by atoms with Crippen LogP contribution in [0.25, 0.3) is 0 Å². The molecule has 2 saturated carbocycles. The van der Waals surface area contributed by atoms with Gasteiger partial charge < -0.3 is 10.4 Å². The minimum Gasteiger partial charge on any atom is -0.481 e. The molecule has 4 nitrogen and oxygen atoms in total. The quantitative estimate of drug-likeness (QED) is 0.808. The van der Waals surface area contributed by atoms with Gasteiger partial charge in [-0.3, -0.25) is 9.59 Å². The van der Waals surface area contributed by atoms with Crippen LogP contribution in [-0.2, 0) is 9.59 Å². The normalized spacial score (nSPS) is 29.1. The molecule has 0 aromatic carbocycles. The maximum absolute atomic E-state index is 11.9. The lowest BCUT2D eigenvalue weighted by atomic mass is 9.86. The van der Waals surface area contributed by atoms with Crippen LogP contribution in [0.4, 0.5) is 0 Å². The third-order valence-electron chi connectivity index (χ3n) is 4.38. The molecular weight excluding hydrogens is 230 g/mol. The van der Waals surface area contributed by atoms with Crippen molar-refractivity contribution in [1.29, 1.82) is 0 Å². The third kappa shape index (κ3) is 3.47. The molecule has 0 aromatic rings. The van der Waals surface area contributed by atoms with Gasteiger partial charge in [-0.05, 0) is 31.6 Å². The number of nitrogens with one attached hydrogen (secondary N) is 1. The predicted octanol–water partition coefficient (Wildman–Crippen LogP) is 2.33. The summed E-state index contributed by atoms with van der Waals surface area (Å²) < 4.78 is 0. The topological polar surface area (TPSA) is 66.4 Å². The molecule has 0 saturated heterocycles. The maximum atomic E-state index is 11.9. The molecule has 2 N–H and O–H groups in total. The van der Waals surface area contributed by atoms with E-state index in [4.69, 9.17) is 5.11 Å². The summed E-state index contributed by atoms with van der Waals surface area (Å²) in [6.45, 7) is 0. The van der Waals surface area contributed by atoms with E-state index in [-0.39, 0.29) is 17.9 Å². The summed E-state index contributed by atoms with van der Waals surface area (Å²) in [5, 5.41) is 12.0. The predicted molar refractivity (Wildman–Crippen MR) is 68.1 cm³/mol.